The number of hydrogen-bond acceptors (Lipinski definition) is 8. The standard InChI is InChI=1S/C23H29ClF3N3O7S/c1-6-10-30(22(31)37-38(32,33)29(4)11-12-34-5)20-18(35-15(2)3)8-7-9-19(20)36-21-17(24)13-16(14-28-21)23(25,26)27/h7-9,13-15H,6,10-12H2,1-5H3. The summed E-state index contributed by atoms with van der Waals surface area (Å²) in [5.74, 6) is -0.344. The van der Waals surface area contributed by atoms with Crippen molar-refractivity contribution in [1.82, 2.24) is 9.29 Å². The second-order valence-electron chi connectivity index (χ2n) is 8.15. The topological polar surface area (TPSA) is 108 Å². The summed E-state index contributed by atoms with van der Waals surface area (Å²) in [5.41, 5.74) is -1.11. The van der Waals surface area contributed by atoms with Gasteiger partial charge in [-0.25, -0.2) is 9.78 Å². The zero-order valence-electron chi connectivity index (χ0n) is 21.4. The van der Waals surface area contributed by atoms with E-state index in [1.54, 1.807) is 20.8 Å². The molecule has 1 aromatic carbocycles. The van der Waals surface area contributed by atoms with E-state index in [1.807, 2.05) is 0 Å². The Hall–Kier alpha value is -2.81. The Bertz CT molecular complexity index is 1210. The number of nitrogens with zero attached hydrogens (tertiary/aromatic N) is 3. The van der Waals surface area contributed by atoms with E-state index >= 15 is 0 Å². The Morgan fingerprint density at radius 1 is 1.18 bits per heavy atom. The SMILES string of the molecule is CCCN(C(=O)OS(=O)(=O)N(C)CCOC)c1c(Oc2ncc(C(F)(F)F)cc2Cl)cccc1OC(C)C. The van der Waals surface area contributed by atoms with Crippen LogP contribution in [0.5, 0.6) is 17.4 Å². The quantitative estimate of drug-likeness (QED) is 0.322. The molecule has 0 radical (unpaired) electrons. The van der Waals surface area contributed by atoms with E-state index < -0.39 is 33.2 Å². The Morgan fingerprint density at radius 2 is 1.84 bits per heavy atom. The number of anilines is 1. The number of carbonyl (C=O) groups is 1. The molecule has 0 atom stereocenters. The molecule has 0 fully saturated rings. The summed E-state index contributed by atoms with van der Waals surface area (Å²) in [6.45, 7) is 5.15. The van der Waals surface area contributed by atoms with Crippen molar-refractivity contribution in [2.75, 3.05) is 38.8 Å². The van der Waals surface area contributed by atoms with Gasteiger partial charge in [0, 0.05) is 33.4 Å². The summed E-state index contributed by atoms with van der Waals surface area (Å²) in [6, 6.07) is 5.07. The van der Waals surface area contributed by atoms with E-state index in [-0.39, 0.29) is 48.9 Å². The maximum atomic E-state index is 13.2. The lowest BCUT2D eigenvalue weighted by atomic mass is 10.2. The minimum absolute atomic E-state index is 0.0273. The maximum Gasteiger partial charge on any atom is 0.431 e. The predicted molar refractivity (Wildman–Crippen MR) is 134 cm³/mol. The minimum atomic E-state index is -4.67. The molecule has 0 unspecified atom stereocenters. The molecular weight excluding hydrogens is 555 g/mol. The van der Waals surface area contributed by atoms with Crippen molar-refractivity contribution in [3.63, 3.8) is 0 Å². The number of carbonyl (C=O) groups excluding carboxylic acids is 1. The molecule has 1 aromatic heterocycles. The van der Waals surface area contributed by atoms with Gasteiger partial charge in [0.25, 0.3) is 0 Å². The van der Waals surface area contributed by atoms with Crippen LogP contribution in [0.15, 0.2) is 30.5 Å². The van der Waals surface area contributed by atoms with E-state index in [0.717, 1.165) is 9.21 Å². The lowest BCUT2D eigenvalue weighted by Gasteiger charge is -2.27. The van der Waals surface area contributed by atoms with Crippen molar-refractivity contribution in [3.05, 3.63) is 41.0 Å². The van der Waals surface area contributed by atoms with Gasteiger partial charge in [-0.2, -0.15) is 25.9 Å². The lowest BCUT2D eigenvalue weighted by Crippen LogP contribution is -2.39. The fourth-order valence-electron chi connectivity index (χ4n) is 3.01. The molecule has 1 heterocycles. The molecule has 2 aromatic rings. The number of likely N-dealkylation sites (N-methyl/N-ethyl adjacent to an activating group) is 1. The second kappa shape index (κ2) is 13.3. The van der Waals surface area contributed by atoms with Crippen LogP contribution in [-0.4, -0.2) is 63.8 Å². The van der Waals surface area contributed by atoms with Crippen molar-refractivity contribution in [2.24, 2.45) is 0 Å². The number of amides is 1. The first-order chi connectivity index (χ1) is 17.7. The molecule has 2 rings (SSSR count). The number of alkyl halides is 3. The van der Waals surface area contributed by atoms with E-state index in [4.69, 9.17) is 30.0 Å². The molecule has 1 amide bonds. The third-order valence-electron chi connectivity index (χ3n) is 4.77. The number of ether oxygens (including phenoxy) is 3. The smallest absolute Gasteiger partial charge is 0.431 e. The molecule has 0 N–H and O–H groups in total. The van der Waals surface area contributed by atoms with Crippen LogP contribution in [0.4, 0.5) is 23.7 Å². The minimum Gasteiger partial charge on any atom is -0.489 e. The van der Waals surface area contributed by atoms with Crippen LogP contribution in [0, 0.1) is 0 Å². The summed E-state index contributed by atoms with van der Waals surface area (Å²) < 4.78 is 86.4. The molecule has 0 aliphatic heterocycles. The summed E-state index contributed by atoms with van der Waals surface area (Å²) in [6.07, 6.45) is -5.39. The average molecular weight is 584 g/mol. The first-order valence-electron chi connectivity index (χ1n) is 11.4. The summed E-state index contributed by atoms with van der Waals surface area (Å²) in [4.78, 5) is 17.8. The molecule has 38 heavy (non-hydrogen) atoms. The van der Waals surface area contributed by atoms with Gasteiger partial charge in [0.1, 0.15) is 16.5 Å². The van der Waals surface area contributed by atoms with Crippen molar-refractivity contribution in [2.45, 2.75) is 39.5 Å². The van der Waals surface area contributed by atoms with Gasteiger partial charge in [0.2, 0.25) is 5.88 Å². The van der Waals surface area contributed by atoms with Gasteiger partial charge in [-0.15, -0.1) is 0 Å². The normalized spacial score (nSPS) is 12.1. The summed E-state index contributed by atoms with van der Waals surface area (Å²) in [5, 5.41) is -0.437. The van der Waals surface area contributed by atoms with Crippen LogP contribution < -0.4 is 14.4 Å². The molecule has 0 bridgehead atoms. The number of hydrogen-bond donors (Lipinski definition) is 0. The van der Waals surface area contributed by atoms with E-state index in [9.17, 15) is 26.4 Å². The van der Waals surface area contributed by atoms with E-state index in [0.29, 0.717) is 18.7 Å². The second-order valence-corrected chi connectivity index (χ2v) is 10.2. The first kappa shape index (κ1) is 31.4. The average Bonchev–Trinajstić information content (AvgIpc) is 2.81. The Kier molecular flexibility index (Phi) is 11.0. The third kappa shape index (κ3) is 8.35. The van der Waals surface area contributed by atoms with Gasteiger partial charge in [0.05, 0.1) is 18.3 Å². The number of benzene rings is 1. The summed E-state index contributed by atoms with van der Waals surface area (Å²) >= 11 is 6.01. The molecular formula is C23H29ClF3N3O7S. The Labute approximate surface area is 224 Å². The van der Waals surface area contributed by atoms with E-state index in [1.165, 1.54) is 32.4 Å². The van der Waals surface area contributed by atoms with Crippen LogP contribution in [0.3, 0.4) is 0 Å². The van der Waals surface area contributed by atoms with Gasteiger partial charge < -0.3 is 18.4 Å². The van der Waals surface area contributed by atoms with Crippen LogP contribution in [0.25, 0.3) is 0 Å². The van der Waals surface area contributed by atoms with Gasteiger partial charge in [-0.05, 0) is 38.5 Å². The van der Waals surface area contributed by atoms with Gasteiger partial charge in [0.15, 0.2) is 5.75 Å². The molecule has 10 nitrogen and oxygen atoms in total. The molecule has 0 saturated heterocycles. The van der Waals surface area contributed by atoms with Crippen molar-refractivity contribution in [3.8, 4) is 17.4 Å². The number of para-hydroxylation sites is 1. The van der Waals surface area contributed by atoms with Gasteiger partial charge in [-0.3, -0.25) is 4.90 Å². The molecule has 212 valence electrons. The molecule has 0 saturated carbocycles. The van der Waals surface area contributed by atoms with Crippen LogP contribution in [-0.2, 0) is 25.4 Å². The highest BCUT2D eigenvalue weighted by Gasteiger charge is 2.33. The summed E-state index contributed by atoms with van der Waals surface area (Å²) in [7, 11) is -1.89. The molecule has 0 aliphatic rings. The number of methoxy groups -OCH3 is 1. The monoisotopic (exact) mass is 583 g/mol. The van der Waals surface area contributed by atoms with Crippen molar-refractivity contribution in [1.29, 1.82) is 0 Å². The van der Waals surface area contributed by atoms with Crippen LogP contribution >= 0.6 is 11.6 Å². The molecule has 15 heteroatoms. The number of aromatic nitrogens is 1. The van der Waals surface area contributed by atoms with Crippen molar-refractivity contribution < 1.29 is 44.8 Å². The largest absolute Gasteiger partial charge is 0.489 e. The number of halogens is 4. The van der Waals surface area contributed by atoms with Crippen LogP contribution in [0.2, 0.25) is 5.02 Å². The highest BCUT2D eigenvalue weighted by Crippen LogP contribution is 2.43. The maximum absolute atomic E-state index is 13.2. The van der Waals surface area contributed by atoms with Crippen molar-refractivity contribution >= 4 is 33.7 Å². The van der Waals surface area contributed by atoms with E-state index in [2.05, 4.69) is 4.98 Å². The van der Waals surface area contributed by atoms with Crippen LogP contribution in [0.1, 0.15) is 32.8 Å². The number of rotatable bonds is 12. The fourth-order valence-corrected chi connectivity index (χ4v) is 3.91. The Morgan fingerprint density at radius 3 is 2.39 bits per heavy atom. The first-order valence-corrected chi connectivity index (χ1v) is 13.1. The third-order valence-corrected chi connectivity index (χ3v) is 6.34. The lowest BCUT2D eigenvalue weighted by molar-refractivity contribution is -0.137. The predicted octanol–water partition coefficient (Wildman–Crippen LogP) is 5.51. The Balaban J connectivity index is 2.55. The molecule has 0 aliphatic carbocycles. The highest BCUT2D eigenvalue weighted by atomic mass is 35.5. The zero-order chi connectivity index (χ0) is 28.7. The highest BCUT2D eigenvalue weighted by molar-refractivity contribution is 7.84. The zero-order valence-corrected chi connectivity index (χ0v) is 23.0. The van der Waals surface area contributed by atoms with Gasteiger partial charge >= 0.3 is 22.6 Å². The van der Waals surface area contributed by atoms with Gasteiger partial charge in [-0.1, -0.05) is 24.6 Å². The number of pyridine rings is 1. The molecule has 0 spiro atoms. The fraction of sp³-hybridized carbons (Fsp3) is 0.478.